The second-order valence-electron chi connectivity index (χ2n) is 9.14. The van der Waals surface area contributed by atoms with E-state index in [1.54, 1.807) is 0 Å². The van der Waals surface area contributed by atoms with Crippen molar-refractivity contribution in [1.29, 1.82) is 0 Å². The Bertz CT molecular complexity index is 638. The first-order valence-corrected chi connectivity index (χ1v) is 9.35. The van der Waals surface area contributed by atoms with Gasteiger partial charge in [0, 0.05) is 5.41 Å². The third-order valence-electron chi connectivity index (χ3n) is 8.40. The Morgan fingerprint density at radius 3 is 2.62 bits per heavy atom. The third kappa shape index (κ3) is 1.35. The maximum absolute atomic E-state index is 12.8. The minimum Gasteiger partial charge on any atom is -0.481 e. The molecule has 7 atom stereocenters. The highest BCUT2D eigenvalue weighted by Gasteiger charge is 2.84. The number of carboxylic acids is 1. The van der Waals surface area contributed by atoms with Crippen LogP contribution in [0.15, 0.2) is 11.6 Å². The van der Waals surface area contributed by atoms with E-state index in [1.165, 1.54) is 0 Å². The van der Waals surface area contributed by atoms with Crippen molar-refractivity contribution in [3.05, 3.63) is 11.6 Å². The lowest BCUT2D eigenvalue weighted by atomic mass is 9.43. The Balaban J connectivity index is 2.03. The fraction of sp³-hybridized carbons (Fsp3) is 0.800. The quantitative estimate of drug-likeness (QED) is 0.613. The number of carbonyl (C=O) groups excluding carboxylic acids is 1. The topological polar surface area (TPSA) is 74.6 Å². The Morgan fingerprint density at radius 2 is 2.08 bits per heavy atom. The van der Waals surface area contributed by atoms with Crippen LogP contribution in [0.5, 0.6) is 0 Å². The van der Waals surface area contributed by atoms with E-state index in [-0.39, 0.29) is 24.4 Å². The number of rotatable bonds is 4. The highest BCUT2D eigenvalue weighted by atomic mass is 16.4. The minimum absolute atomic E-state index is 0.0130. The molecule has 2 N–H and O–H groups in total. The number of aliphatic hydroxyl groups excluding tert-OH is 1. The second-order valence-corrected chi connectivity index (χ2v) is 9.14. The molecule has 0 heterocycles. The van der Waals surface area contributed by atoms with E-state index in [9.17, 15) is 19.8 Å². The van der Waals surface area contributed by atoms with Crippen molar-refractivity contribution in [3.63, 3.8) is 0 Å². The average Bonchev–Trinajstić information content (AvgIpc) is 3.11. The molecule has 4 aliphatic rings. The maximum Gasteiger partial charge on any atom is 0.315 e. The molecule has 132 valence electrons. The van der Waals surface area contributed by atoms with E-state index >= 15 is 0 Å². The van der Waals surface area contributed by atoms with Gasteiger partial charge in [-0.1, -0.05) is 38.8 Å². The summed E-state index contributed by atoms with van der Waals surface area (Å²) in [6.07, 6.45) is 6.47. The van der Waals surface area contributed by atoms with Crippen LogP contribution in [0.25, 0.3) is 0 Å². The van der Waals surface area contributed by atoms with E-state index in [1.807, 2.05) is 13.8 Å². The predicted octanol–water partition coefficient (Wildman–Crippen LogP) is 2.90. The normalized spacial score (nSPS) is 51.6. The molecule has 4 bridgehead atoms. The van der Waals surface area contributed by atoms with Gasteiger partial charge in [0.05, 0.1) is 12.0 Å². The summed E-state index contributed by atoms with van der Waals surface area (Å²) in [6.45, 7) is 6.13. The predicted molar refractivity (Wildman–Crippen MR) is 89.1 cm³/mol. The van der Waals surface area contributed by atoms with Crippen LogP contribution in [0.3, 0.4) is 0 Å². The summed E-state index contributed by atoms with van der Waals surface area (Å²) < 4.78 is 0. The average molecular weight is 332 g/mol. The SMILES string of the molecule is CC(C)C1=C[C@H]2C[C@@]3(C=O)[C@@H]4CC[C@@H](C)[C@H]4C[C@@]2(CO)[C@]13C(=O)O. The van der Waals surface area contributed by atoms with Crippen molar-refractivity contribution in [1.82, 2.24) is 0 Å². The number of hydrogen-bond donors (Lipinski definition) is 2. The summed E-state index contributed by atoms with van der Waals surface area (Å²) in [4.78, 5) is 25.3. The van der Waals surface area contributed by atoms with Crippen molar-refractivity contribution in [2.45, 2.75) is 46.5 Å². The highest BCUT2D eigenvalue weighted by molar-refractivity contribution is 5.90. The summed E-state index contributed by atoms with van der Waals surface area (Å²) >= 11 is 0. The monoisotopic (exact) mass is 332 g/mol. The number of carboxylic acid groups (broad SMARTS) is 1. The molecule has 0 radical (unpaired) electrons. The molecule has 4 rings (SSSR count). The Hall–Kier alpha value is -1.16. The van der Waals surface area contributed by atoms with Gasteiger partial charge in [0.2, 0.25) is 0 Å². The van der Waals surface area contributed by atoms with E-state index in [2.05, 4.69) is 13.0 Å². The molecular formula is C20H28O4. The summed E-state index contributed by atoms with van der Waals surface area (Å²) in [5, 5.41) is 20.9. The Labute approximate surface area is 143 Å². The molecule has 24 heavy (non-hydrogen) atoms. The molecular weight excluding hydrogens is 304 g/mol. The van der Waals surface area contributed by atoms with Crippen LogP contribution < -0.4 is 0 Å². The Morgan fingerprint density at radius 1 is 1.38 bits per heavy atom. The number of fused-ring (bicyclic) bond motifs is 2. The van der Waals surface area contributed by atoms with Crippen LogP contribution in [-0.2, 0) is 9.59 Å². The third-order valence-corrected chi connectivity index (χ3v) is 8.40. The first kappa shape index (κ1) is 16.3. The first-order chi connectivity index (χ1) is 11.3. The second kappa shape index (κ2) is 4.72. The largest absolute Gasteiger partial charge is 0.481 e. The van der Waals surface area contributed by atoms with E-state index in [4.69, 9.17) is 0 Å². The molecule has 0 aromatic carbocycles. The summed E-state index contributed by atoms with van der Waals surface area (Å²) in [6, 6.07) is 0. The molecule has 0 aromatic rings. The van der Waals surface area contributed by atoms with Gasteiger partial charge in [-0.15, -0.1) is 0 Å². The van der Waals surface area contributed by atoms with Gasteiger partial charge in [-0.25, -0.2) is 0 Å². The zero-order valence-electron chi connectivity index (χ0n) is 14.8. The molecule has 0 saturated heterocycles. The van der Waals surface area contributed by atoms with E-state index in [0.29, 0.717) is 18.3 Å². The standard InChI is InChI=1S/C20H28O4/c1-11(2)16-6-13-7-19(10-22)15-5-4-12(3)14(15)8-18(13,9-21)20(16,19)17(23)24/h6,10-15,21H,4-5,7-9H2,1-3H3,(H,23,24)/t12-,13+,14-,15-,18+,19-,20-/m1/s1. The first-order valence-electron chi connectivity index (χ1n) is 9.35. The van der Waals surface area contributed by atoms with Gasteiger partial charge < -0.3 is 15.0 Å². The Kier molecular flexibility index (Phi) is 3.21. The number of aldehydes is 1. The van der Waals surface area contributed by atoms with Crippen molar-refractivity contribution in [3.8, 4) is 0 Å². The molecule has 0 aromatic heterocycles. The number of hydrogen-bond acceptors (Lipinski definition) is 3. The molecule has 0 spiro atoms. The van der Waals surface area contributed by atoms with E-state index < -0.39 is 22.2 Å². The highest BCUT2D eigenvalue weighted by Crippen LogP contribution is 2.82. The van der Waals surface area contributed by atoms with Gasteiger partial charge >= 0.3 is 5.97 Å². The van der Waals surface area contributed by atoms with Crippen molar-refractivity contribution in [2.24, 2.45) is 45.8 Å². The minimum atomic E-state index is -1.21. The summed E-state index contributed by atoms with van der Waals surface area (Å²) in [5.74, 6) is 0.215. The zero-order chi connectivity index (χ0) is 17.5. The summed E-state index contributed by atoms with van der Waals surface area (Å²) in [5.41, 5.74) is -1.85. The van der Waals surface area contributed by atoms with Crippen molar-refractivity contribution < 1.29 is 19.8 Å². The van der Waals surface area contributed by atoms with Gasteiger partial charge in [0.15, 0.2) is 0 Å². The molecule has 4 aliphatic carbocycles. The van der Waals surface area contributed by atoms with Crippen LogP contribution in [0.4, 0.5) is 0 Å². The number of aliphatic carboxylic acids is 1. The van der Waals surface area contributed by atoms with Gasteiger partial charge in [0.25, 0.3) is 0 Å². The van der Waals surface area contributed by atoms with Crippen LogP contribution in [0.1, 0.15) is 46.5 Å². The van der Waals surface area contributed by atoms with Crippen LogP contribution in [0, 0.1) is 45.8 Å². The van der Waals surface area contributed by atoms with Crippen molar-refractivity contribution in [2.75, 3.05) is 6.61 Å². The lowest BCUT2D eigenvalue weighted by Gasteiger charge is -2.58. The molecule has 3 saturated carbocycles. The number of aliphatic hydroxyl groups is 1. The van der Waals surface area contributed by atoms with Gasteiger partial charge in [0.1, 0.15) is 11.7 Å². The van der Waals surface area contributed by atoms with Crippen LogP contribution in [-0.4, -0.2) is 29.1 Å². The lowest BCUT2D eigenvalue weighted by molar-refractivity contribution is -0.184. The number of allylic oxidation sites excluding steroid dienone is 1. The molecule has 0 aliphatic heterocycles. The van der Waals surface area contributed by atoms with Gasteiger partial charge in [-0.2, -0.15) is 0 Å². The lowest BCUT2D eigenvalue weighted by Crippen LogP contribution is -2.63. The smallest absolute Gasteiger partial charge is 0.315 e. The van der Waals surface area contributed by atoms with E-state index in [0.717, 1.165) is 31.1 Å². The zero-order valence-corrected chi connectivity index (χ0v) is 14.8. The molecule has 4 heteroatoms. The van der Waals surface area contributed by atoms with Crippen molar-refractivity contribution >= 4 is 12.3 Å². The fourth-order valence-corrected chi connectivity index (χ4v) is 7.66. The summed E-state index contributed by atoms with van der Waals surface area (Å²) in [7, 11) is 0. The molecule has 3 fully saturated rings. The molecule has 0 unspecified atom stereocenters. The van der Waals surface area contributed by atoms with Crippen LogP contribution >= 0.6 is 0 Å². The fourth-order valence-electron chi connectivity index (χ4n) is 7.66. The maximum atomic E-state index is 12.8. The van der Waals surface area contributed by atoms with Crippen LogP contribution in [0.2, 0.25) is 0 Å². The number of carbonyl (C=O) groups is 2. The van der Waals surface area contributed by atoms with Gasteiger partial charge in [-0.05, 0) is 48.9 Å². The molecule has 0 amide bonds. The molecule has 4 nitrogen and oxygen atoms in total. The van der Waals surface area contributed by atoms with Gasteiger partial charge in [-0.3, -0.25) is 4.79 Å².